The van der Waals surface area contributed by atoms with Crippen molar-refractivity contribution in [2.75, 3.05) is 0 Å². The number of oxazole rings is 1. The Morgan fingerprint density at radius 2 is 2.05 bits per heavy atom. The number of aryl methyl sites for hydroxylation is 1. The highest BCUT2D eigenvalue weighted by molar-refractivity contribution is 5.92. The van der Waals surface area contributed by atoms with E-state index in [1.165, 1.54) is 0 Å². The molecule has 0 radical (unpaired) electrons. The number of rotatable bonds is 4. The lowest BCUT2D eigenvalue weighted by atomic mass is 10.1. The summed E-state index contributed by atoms with van der Waals surface area (Å²) in [6, 6.07) is 3.71. The van der Waals surface area contributed by atoms with Crippen LogP contribution in [0.3, 0.4) is 0 Å². The van der Waals surface area contributed by atoms with Crippen LogP contribution in [0.2, 0.25) is 0 Å². The quantitative estimate of drug-likeness (QED) is 0.915. The van der Waals surface area contributed by atoms with E-state index < -0.39 is 0 Å². The minimum Gasteiger partial charge on any atom is -0.436 e. The SMILES string of the molecule is Cc1nc(C(C)C)c(C(=O)NCc2ccncc2)o1. The lowest BCUT2D eigenvalue weighted by Crippen LogP contribution is -2.23. The first-order chi connectivity index (χ1) is 9.08. The normalized spacial score (nSPS) is 10.7. The van der Waals surface area contributed by atoms with E-state index >= 15 is 0 Å². The molecule has 1 N–H and O–H groups in total. The standard InChI is InChI=1S/C14H17N3O2/c1-9(2)12-13(19-10(3)17-12)14(18)16-8-11-4-6-15-7-5-11/h4-7,9H,8H2,1-3H3,(H,16,18). The first kappa shape index (κ1) is 13.3. The molecule has 0 aliphatic rings. The highest BCUT2D eigenvalue weighted by Crippen LogP contribution is 2.19. The molecule has 100 valence electrons. The number of hydrogen-bond donors (Lipinski definition) is 1. The highest BCUT2D eigenvalue weighted by Gasteiger charge is 2.20. The van der Waals surface area contributed by atoms with Crippen LogP contribution in [-0.4, -0.2) is 15.9 Å². The predicted octanol–water partition coefficient (Wildman–Crippen LogP) is 2.43. The van der Waals surface area contributed by atoms with Gasteiger partial charge in [0.15, 0.2) is 5.89 Å². The molecule has 19 heavy (non-hydrogen) atoms. The average molecular weight is 259 g/mol. The highest BCUT2D eigenvalue weighted by atomic mass is 16.4. The van der Waals surface area contributed by atoms with Gasteiger partial charge >= 0.3 is 0 Å². The summed E-state index contributed by atoms with van der Waals surface area (Å²) >= 11 is 0. The van der Waals surface area contributed by atoms with E-state index in [9.17, 15) is 4.79 Å². The fourth-order valence-corrected chi connectivity index (χ4v) is 1.76. The number of carbonyl (C=O) groups is 1. The van der Waals surface area contributed by atoms with Crippen LogP contribution in [-0.2, 0) is 6.54 Å². The molecule has 2 aromatic rings. The number of nitrogens with zero attached hydrogens (tertiary/aromatic N) is 2. The molecule has 0 aliphatic carbocycles. The van der Waals surface area contributed by atoms with Crippen molar-refractivity contribution >= 4 is 5.91 Å². The monoisotopic (exact) mass is 259 g/mol. The summed E-state index contributed by atoms with van der Waals surface area (Å²) in [7, 11) is 0. The molecule has 0 unspecified atom stereocenters. The minimum absolute atomic E-state index is 0.152. The second kappa shape index (κ2) is 5.65. The number of carbonyl (C=O) groups excluding carboxylic acids is 1. The maximum atomic E-state index is 12.1. The zero-order valence-electron chi connectivity index (χ0n) is 11.3. The Morgan fingerprint density at radius 1 is 1.37 bits per heavy atom. The Morgan fingerprint density at radius 3 is 2.68 bits per heavy atom. The van der Waals surface area contributed by atoms with Crippen molar-refractivity contribution in [1.82, 2.24) is 15.3 Å². The van der Waals surface area contributed by atoms with Gasteiger partial charge in [-0.15, -0.1) is 0 Å². The Bertz CT molecular complexity index is 561. The molecule has 2 aromatic heterocycles. The smallest absolute Gasteiger partial charge is 0.289 e. The van der Waals surface area contributed by atoms with Gasteiger partial charge in [0.25, 0.3) is 5.91 Å². The van der Waals surface area contributed by atoms with Crippen molar-refractivity contribution in [2.45, 2.75) is 33.2 Å². The number of hydrogen-bond acceptors (Lipinski definition) is 4. The number of nitrogens with one attached hydrogen (secondary N) is 1. The summed E-state index contributed by atoms with van der Waals surface area (Å²) < 4.78 is 5.39. The molecule has 5 nitrogen and oxygen atoms in total. The summed E-state index contributed by atoms with van der Waals surface area (Å²) in [5.74, 6) is 0.736. The van der Waals surface area contributed by atoms with E-state index in [0.717, 1.165) is 5.56 Å². The van der Waals surface area contributed by atoms with Crippen molar-refractivity contribution in [1.29, 1.82) is 0 Å². The van der Waals surface area contributed by atoms with Gasteiger partial charge in [-0.25, -0.2) is 4.98 Å². The molecule has 0 aromatic carbocycles. The number of aromatic nitrogens is 2. The zero-order valence-corrected chi connectivity index (χ0v) is 11.3. The van der Waals surface area contributed by atoms with Crippen molar-refractivity contribution < 1.29 is 9.21 Å². The second-order valence-corrected chi connectivity index (χ2v) is 4.64. The molecule has 0 bridgehead atoms. The van der Waals surface area contributed by atoms with Gasteiger partial charge in [-0.3, -0.25) is 9.78 Å². The minimum atomic E-state index is -0.235. The Labute approximate surface area is 112 Å². The molecule has 0 aliphatic heterocycles. The van der Waals surface area contributed by atoms with E-state index in [0.29, 0.717) is 23.9 Å². The van der Waals surface area contributed by atoms with Gasteiger partial charge in [-0.05, 0) is 23.6 Å². The largest absolute Gasteiger partial charge is 0.436 e. The molecule has 0 fully saturated rings. The Balaban J connectivity index is 2.08. The summed E-state index contributed by atoms with van der Waals surface area (Å²) in [5.41, 5.74) is 1.69. The van der Waals surface area contributed by atoms with E-state index in [4.69, 9.17) is 4.42 Å². The molecule has 0 saturated heterocycles. The zero-order chi connectivity index (χ0) is 13.8. The van der Waals surface area contributed by atoms with E-state index in [1.807, 2.05) is 26.0 Å². The molecule has 2 heterocycles. The van der Waals surface area contributed by atoms with Crippen LogP contribution in [0.4, 0.5) is 0 Å². The molecule has 0 saturated carbocycles. The van der Waals surface area contributed by atoms with Gasteiger partial charge in [-0.2, -0.15) is 0 Å². The maximum absolute atomic E-state index is 12.1. The van der Waals surface area contributed by atoms with Crippen LogP contribution in [0, 0.1) is 6.92 Å². The van der Waals surface area contributed by atoms with Crippen molar-refractivity contribution in [3.05, 3.63) is 47.4 Å². The third kappa shape index (κ3) is 3.19. The summed E-state index contributed by atoms with van der Waals surface area (Å²) in [5, 5.41) is 2.82. The third-order valence-corrected chi connectivity index (χ3v) is 2.72. The van der Waals surface area contributed by atoms with Gasteiger partial charge < -0.3 is 9.73 Å². The second-order valence-electron chi connectivity index (χ2n) is 4.64. The van der Waals surface area contributed by atoms with Crippen LogP contribution in [0.15, 0.2) is 28.9 Å². The fourth-order valence-electron chi connectivity index (χ4n) is 1.76. The average Bonchev–Trinajstić information content (AvgIpc) is 2.79. The van der Waals surface area contributed by atoms with E-state index in [-0.39, 0.29) is 11.8 Å². The van der Waals surface area contributed by atoms with Crippen LogP contribution < -0.4 is 5.32 Å². The molecule has 2 rings (SSSR count). The van der Waals surface area contributed by atoms with E-state index in [1.54, 1.807) is 19.3 Å². The molecule has 5 heteroatoms. The topological polar surface area (TPSA) is 68.0 Å². The molecule has 1 amide bonds. The van der Waals surface area contributed by atoms with Crippen LogP contribution in [0.5, 0.6) is 0 Å². The van der Waals surface area contributed by atoms with Crippen LogP contribution in [0.25, 0.3) is 0 Å². The Kier molecular flexibility index (Phi) is 3.94. The molecular weight excluding hydrogens is 242 g/mol. The van der Waals surface area contributed by atoms with Crippen LogP contribution in [0.1, 0.15) is 47.5 Å². The summed E-state index contributed by atoms with van der Waals surface area (Å²) in [6.07, 6.45) is 3.39. The lowest BCUT2D eigenvalue weighted by Gasteiger charge is -2.05. The third-order valence-electron chi connectivity index (χ3n) is 2.72. The summed E-state index contributed by atoms with van der Waals surface area (Å²) in [6.45, 7) is 6.15. The number of pyridine rings is 1. The van der Waals surface area contributed by atoms with Crippen molar-refractivity contribution in [3.8, 4) is 0 Å². The maximum Gasteiger partial charge on any atom is 0.289 e. The predicted molar refractivity (Wildman–Crippen MR) is 70.7 cm³/mol. The van der Waals surface area contributed by atoms with Crippen molar-refractivity contribution in [2.24, 2.45) is 0 Å². The van der Waals surface area contributed by atoms with Gasteiger partial charge in [0.05, 0.1) is 5.69 Å². The lowest BCUT2D eigenvalue weighted by molar-refractivity contribution is 0.0920. The molecule has 0 spiro atoms. The van der Waals surface area contributed by atoms with Gasteiger partial charge in [0.2, 0.25) is 5.76 Å². The molecule has 0 atom stereocenters. The van der Waals surface area contributed by atoms with Crippen molar-refractivity contribution in [3.63, 3.8) is 0 Å². The molecular formula is C14H17N3O2. The first-order valence-corrected chi connectivity index (χ1v) is 6.22. The number of amides is 1. The van der Waals surface area contributed by atoms with Crippen LogP contribution >= 0.6 is 0 Å². The fraction of sp³-hybridized carbons (Fsp3) is 0.357. The Hall–Kier alpha value is -2.17. The van der Waals surface area contributed by atoms with Gasteiger partial charge in [-0.1, -0.05) is 13.8 Å². The van der Waals surface area contributed by atoms with Gasteiger partial charge in [0, 0.05) is 25.9 Å². The van der Waals surface area contributed by atoms with Gasteiger partial charge in [0.1, 0.15) is 0 Å². The summed E-state index contributed by atoms with van der Waals surface area (Å²) in [4.78, 5) is 20.3. The van der Waals surface area contributed by atoms with E-state index in [2.05, 4.69) is 15.3 Å². The first-order valence-electron chi connectivity index (χ1n) is 6.22.